The number of nitrogens with one attached hydrogen (secondary N) is 1. The summed E-state index contributed by atoms with van der Waals surface area (Å²) in [4.78, 5) is 26.1. The summed E-state index contributed by atoms with van der Waals surface area (Å²) in [5.41, 5.74) is 1.73. The maximum atomic E-state index is 12.1. The van der Waals surface area contributed by atoms with Gasteiger partial charge in [0.2, 0.25) is 11.7 Å². The van der Waals surface area contributed by atoms with E-state index in [1.54, 1.807) is 28.6 Å². The number of anilines is 1. The van der Waals surface area contributed by atoms with Crippen molar-refractivity contribution in [3.8, 4) is 0 Å². The Balaban J connectivity index is 1.53. The molecular weight excluding hydrogens is 336 g/mol. The van der Waals surface area contributed by atoms with Crippen molar-refractivity contribution in [1.29, 1.82) is 0 Å². The average molecular weight is 354 g/mol. The Labute approximate surface area is 149 Å². The number of hydrogen-bond acceptors (Lipinski definition) is 5. The van der Waals surface area contributed by atoms with Crippen molar-refractivity contribution < 1.29 is 9.72 Å². The maximum absolute atomic E-state index is 12.1. The Kier molecular flexibility index (Phi) is 5.07. The van der Waals surface area contributed by atoms with Gasteiger partial charge in [0.1, 0.15) is 6.20 Å². The van der Waals surface area contributed by atoms with Crippen LogP contribution >= 0.6 is 0 Å². The van der Waals surface area contributed by atoms with Gasteiger partial charge in [-0.15, -0.1) is 0 Å². The van der Waals surface area contributed by atoms with Crippen molar-refractivity contribution in [2.75, 3.05) is 5.32 Å². The van der Waals surface area contributed by atoms with E-state index in [0.29, 0.717) is 24.6 Å². The second-order valence-electron chi connectivity index (χ2n) is 5.81. The number of benzene rings is 1. The van der Waals surface area contributed by atoms with Crippen molar-refractivity contribution in [2.45, 2.75) is 26.4 Å². The first-order valence-electron chi connectivity index (χ1n) is 8.05. The van der Waals surface area contributed by atoms with Gasteiger partial charge in [0, 0.05) is 26.1 Å². The van der Waals surface area contributed by atoms with Crippen molar-refractivity contribution >= 4 is 17.4 Å². The lowest BCUT2D eigenvalue weighted by Gasteiger charge is -2.04. The topological polar surface area (TPSA) is 108 Å². The summed E-state index contributed by atoms with van der Waals surface area (Å²) < 4.78 is 3.34. The second kappa shape index (κ2) is 7.60. The highest BCUT2D eigenvalue weighted by molar-refractivity contribution is 5.90. The molecule has 9 nitrogen and oxygen atoms in total. The lowest BCUT2D eigenvalue weighted by Crippen LogP contribution is -2.14. The van der Waals surface area contributed by atoms with Gasteiger partial charge in [-0.05, 0) is 15.5 Å². The summed E-state index contributed by atoms with van der Waals surface area (Å²) in [5, 5.41) is 17.7. The molecule has 0 saturated carbocycles. The highest BCUT2D eigenvalue weighted by Gasteiger charge is 2.15. The molecule has 0 fully saturated rings. The second-order valence-corrected chi connectivity index (χ2v) is 5.81. The van der Waals surface area contributed by atoms with Crippen LogP contribution in [0, 0.1) is 17.0 Å². The monoisotopic (exact) mass is 354 g/mol. The predicted molar refractivity (Wildman–Crippen MR) is 94.6 cm³/mol. The van der Waals surface area contributed by atoms with E-state index in [2.05, 4.69) is 15.4 Å². The highest BCUT2D eigenvalue weighted by Crippen LogP contribution is 2.12. The van der Waals surface area contributed by atoms with E-state index in [1.165, 1.54) is 6.20 Å². The van der Waals surface area contributed by atoms with Gasteiger partial charge >= 0.3 is 5.82 Å². The molecule has 1 aromatic carbocycles. The van der Waals surface area contributed by atoms with E-state index >= 15 is 0 Å². The van der Waals surface area contributed by atoms with Crippen molar-refractivity contribution in [3.05, 3.63) is 70.4 Å². The minimum absolute atomic E-state index is 0.179. The first kappa shape index (κ1) is 17.3. The van der Waals surface area contributed by atoms with Gasteiger partial charge in [-0.3, -0.25) is 9.48 Å². The fourth-order valence-electron chi connectivity index (χ4n) is 2.54. The highest BCUT2D eigenvalue weighted by atomic mass is 16.6. The zero-order valence-electron chi connectivity index (χ0n) is 14.2. The summed E-state index contributed by atoms with van der Waals surface area (Å²) in [7, 11) is 0. The van der Waals surface area contributed by atoms with Crippen LogP contribution in [0.5, 0.6) is 0 Å². The summed E-state index contributed by atoms with van der Waals surface area (Å²) in [6.45, 7) is 2.60. The lowest BCUT2D eigenvalue weighted by molar-refractivity contribution is -0.389. The number of nitrogens with zero attached hydrogens (tertiary/aromatic N) is 5. The largest absolute Gasteiger partial charge is 0.381 e. The number of hydrogen-bond donors (Lipinski definition) is 1. The van der Waals surface area contributed by atoms with Crippen LogP contribution in [-0.2, 0) is 17.9 Å². The minimum Gasteiger partial charge on any atom is -0.358 e. The molecule has 0 atom stereocenters. The fourth-order valence-corrected chi connectivity index (χ4v) is 2.54. The van der Waals surface area contributed by atoms with Crippen LogP contribution < -0.4 is 5.32 Å². The van der Waals surface area contributed by atoms with Gasteiger partial charge in [-0.25, -0.2) is 0 Å². The molecule has 3 rings (SSSR count). The van der Waals surface area contributed by atoms with Gasteiger partial charge in [0.05, 0.1) is 18.4 Å². The number of amides is 1. The van der Waals surface area contributed by atoms with E-state index in [-0.39, 0.29) is 18.1 Å². The molecule has 0 aliphatic carbocycles. The van der Waals surface area contributed by atoms with Gasteiger partial charge in [0.25, 0.3) is 0 Å². The Morgan fingerprint density at radius 1 is 1.27 bits per heavy atom. The SMILES string of the molecule is Cc1nc([N+](=O)[O-])cn1CCC(=O)Nc1cnn(Cc2ccccc2)c1. The molecule has 0 unspecified atom stereocenters. The smallest absolute Gasteiger partial charge is 0.358 e. The molecular formula is C17H18N6O3. The average Bonchev–Trinajstić information content (AvgIpc) is 3.20. The van der Waals surface area contributed by atoms with Gasteiger partial charge in [0.15, 0.2) is 0 Å². The van der Waals surface area contributed by atoms with Gasteiger partial charge in [-0.1, -0.05) is 30.3 Å². The van der Waals surface area contributed by atoms with Crippen molar-refractivity contribution in [1.82, 2.24) is 19.3 Å². The van der Waals surface area contributed by atoms with Crippen LogP contribution in [-0.4, -0.2) is 30.2 Å². The molecule has 3 aromatic rings. The van der Waals surface area contributed by atoms with Crippen LogP contribution in [0.15, 0.2) is 48.9 Å². The molecule has 26 heavy (non-hydrogen) atoms. The number of carbonyl (C=O) groups excluding carboxylic acids is 1. The van der Waals surface area contributed by atoms with Crippen molar-refractivity contribution in [2.24, 2.45) is 0 Å². The molecule has 1 N–H and O–H groups in total. The van der Waals surface area contributed by atoms with E-state index in [1.807, 2.05) is 30.3 Å². The normalized spacial score (nSPS) is 10.7. The van der Waals surface area contributed by atoms with Crippen LogP contribution in [0.2, 0.25) is 0 Å². The number of rotatable bonds is 7. The van der Waals surface area contributed by atoms with E-state index < -0.39 is 4.92 Å². The predicted octanol–water partition coefficient (Wildman–Crippen LogP) is 2.37. The molecule has 2 aromatic heterocycles. The molecule has 134 valence electrons. The molecule has 0 saturated heterocycles. The van der Waals surface area contributed by atoms with E-state index in [9.17, 15) is 14.9 Å². The van der Waals surface area contributed by atoms with Crippen LogP contribution in [0.1, 0.15) is 17.8 Å². The number of aromatic nitrogens is 4. The minimum atomic E-state index is -0.551. The van der Waals surface area contributed by atoms with Crippen LogP contribution in [0.4, 0.5) is 11.5 Å². The fraction of sp³-hybridized carbons (Fsp3) is 0.235. The third-order valence-corrected chi connectivity index (χ3v) is 3.83. The summed E-state index contributed by atoms with van der Waals surface area (Å²) in [6, 6.07) is 9.89. The Bertz CT molecular complexity index is 916. The van der Waals surface area contributed by atoms with Gasteiger partial charge < -0.3 is 20.0 Å². The van der Waals surface area contributed by atoms with E-state index in [4.69, 9.17) is 0 Å². The van der Waals surface area contributed by atoms with E-state index in [0.717, 1.165) is 5.56 Å². The maximum Gasteiger partial charge on any atom is 0.381 e. The molecule has 0 radical (unpaired) electrons. The number of carbonyl (C=O) groups is 1. The first-order chi connectivity index (χ1) is 12.5. The summed E-state index contributed by atoms with van der Waals surface area (Å²) in [5.74, 6) is 0.0882. The van der Waals surface area contributed by atoms with Crippen LogP contribution in [0.25, 0.3) is 0 Å². The lowest BCUT2D eigenvalue weighted by atomic mass is 10.2. The molecule has 0 spiro atoms. The standard InChI is InChI=1S/C17H18N6O3/c1-13-19-16(23(25)26)12-21(13)8-7-17(24)20-15-9-18-22(11-15)10-14-5-3-2-4-6-14/h2-6,9,11-12H,7-8,10H2,1H3,(H,20,24). The summed E-state index contributed by atoms with van der Waals surface area (Å²) in [6.07, 6.45) is 4.87. The Morgan fingerprint density at radius 2 is 2.04 bits per heavy atom. The zero-order chi connectivity index (χ0) is 18.5. The van der Waals surface area contributed by atoms with Crippen LogP contribution in [0.3, 0.4) is 0 Å². The number of nitro groups is 1. The third kappa shape index (κ3) is 4.32. The molecule has 0 bridgehead atoms. The number of aryl methyl sites for hydroxylation is 2. The molecule has 1 amide bonds. The summed E-state index contributed by atoms with van der Waals surface area (Å²) >= 11 is 0. The Morgan fingerprint density at radius 3 is 2.73 bits per heavy atom. The molecule has 2 heterocycles. The zero-order valence-corrected chi connectivity index (χ0v) is 14.2. The number of imidazole rings is 1. The molecule has 0 aliphatic rings. The first-order valence-corrected chi connectivity index (χ1v) is 8.05. The Hall–Kier alpha value is -3.49. The molecule has 0 aliphatic heterocycles. The van der Waals surface area contributed by atoms with Crippen molar-refractivity contribution in [3.63, 3.8) is 0 Å². The third-order valence-electron chi connectivity index (χ3n) is 3.83. The quantitative estimate of drug-likeness (QED) is 0.518. The van der Waals surface area contributed by atoms with Gasteiger partial charge in [-0.2, -0.15) is 5.10 Å². The molecule has 9 heteroatoms.